The lowest BCUT2D eigenvalue weighted by molar-refractivity contribution is 0.0926. The highest BCUT2D eigenvalue weighted by Crippen LogP contribution is 2.24. The number of ether oxygens (including phenoxy) is 1. The third kappa shape index (κ3) is 4.36. The average molecular weight is 336 g/mol. The largest absolute Gasteiger partial charge is 0.450 e. The maximum absolute atomic E-state index is 13.1. The summed E-state index contributed by atoms with van der Waals surface area (Å²) in [6.45, 7) is 1.74. The minimum Gasteiger partial charge on any atom is -0.450 e. The first-order valence-electron chi connectivity index (χ1n) is 6.63. The molecule has 2 aromatic rings. The molecule has 8 heteroatoms. The maximum Gasteiger partial charge on any atom is 0.414 e. The van der Waals surface area contributed by atoms with Gasteiger partial charge in [0.05, 0.1) is 12.2 Å². The van der Waals surface area contributed by atoms with E-state index in [4.69, 9.17) is 0 Å². The molecular weight excluding hydrogens is 323 g/mol. The van der Waals surface area contributed by atoms with E-state index in [0.29, 0.717) is 0 Å². The molecule has 1 aromatic heterocycles. The molecule has 1 heterocycles. The summed E-state index contributed by atoms with van der Waals surface area (Å²) in [5, 5.41) is 6.40. The van der Waals surface area contributed by atoms with Crippen LogP contribution in [0.1, 0.15) is 27.6 Å². The summed E-state index contributed by atoms with van der Waals surface area (Å²) >= 11 is 1.11. The van der Waals surface area contributed by atoms with Crippen LogP contribution in [0.15, 0.2) is 35.7 Å². The lowest BCUT2D eigenvalue weighted by Gasteiger charge is -2.07. The molecule has 0 aliphatic rings. The summed E-state index contributed by atoms with van der Waals surface area (Å²) in [6, 6.07) is 6.62. The highest BCUT2D eigenvalue weighted by molar-refractivity contribution is 7.14. The molecule has 3 amide bonds. The molecule has 0 aliphatic heterocycles. The normalized spacial score (nSPS) is 10.0. The van der Waals surface area contributed by atoms with Crippen LogP contribution in [0.2, 0.25) is 0 Å². The van der Waals surface area contributed by atoms with Crippen molar-refractivity contribution in [3.8, 4) is 0 Å². The number of benzene rings is 1. The van der Waals surface area contributed by atoms with Gasteiger partial charge in [-0.25, -0.2) is 9.18 Å². The van der Waals surface area contributed by atoms with Crippen molar-refractivity contribution in [1.82, 2.24) is 5.32 Å². The van der Waals surface area contributed by atoms with Gasteiger partial charge in [0, 0.05) is 5.56 Å². The molecule has 0 spiro atoms. The van der Waals surface area contributed by atoms with E-state index in [-0.39, 0.29) is 22.7 Å². The van der Waals surface area contributed by atoms with Crippen LogP contribution in [0.4, 0.5) is 14.2 Å². The van der Waals surface area contributed by atoms with Crippen LogP contribution in [0.3, 0.4) is 0 Å². The van der Waals surface area contributed by atoms with Gasteiger partial charge in [0.1, 0.15) is 10.8 Å². The van der Waals surface area contributed by atoms with E-state index < -0.39 is 23.7 Å². The Labute approximate surface area is 135 Å². The zero-order valence-corrected chi connectivity index (χ0v) is 12.9. The Morgan fingerprint density at radius 2 is 2.00 bits per heavy atom. The summed E-state index contributed by atoms with van der Waals surface area (Å²) in [7, 11) is 0. The molecule has 0 aliphatic carbocycles. The van der Waals surface area contributed by atoms with Crippen molar-refractivity contribution in [2.75, 3.05) is 11.9 Å². The van der Waals surface area contributed by atoms with E-state index in [1.54, 1.807) is 12.3 Å². The Kier molecular flexibility index (Phi) is 5.42. The van der Waals surface area contributed by atoms with Gasteiger partial charge in [-0.05, 0) is 36.6 Å². The molecule has 0 radical (unpaired) electrons. The van der Waals surface area contributed by atoms with Gasteiger partial charge in [-0.3, -0.25) is 14.9 Å². The molecule has 0 saturated carbocycles. The molecule has 0 unspecified atom stereocenters. The summed E-state index contributed by atoms with van der Waals surface area (Å²) < 4.78 is 17.8. The predicted molar refractivity (Wildman–Crippen MR) is 83.2 cm³/mol. The van der Waals surface area contributed by atoms with Crippen molar-refractivity contribution in [2.45, 2.75) is 6.92 Å². The number of anilines is 1. The number of rotatable bonds is 4. The highest BCUT2D eigenvalue weighted by atomic mass is 32.1. The monoisotopic (exact) mass is 336 g/mol. The van der Waals surface area contributed by atoms with Gasteiger partial charge in [-0.1, -0.05) is 6.07 Å². The smallest absolute Gasteiger partial charge is 0.414 e. The van der Waals surface area contributed by atoms with Gasteiger partial charge in [0.25, 0.3) is 11.8 Å². The fourth-order valence-corrected chi connectivity index (χ4v) is 2.50. The standard InChI is InChI=1S/C15H13FN2O4S/c1-2-22-15(21)18-13(20)11-6-7-23-14(11)17-12(19)9-4-3-5-10(16)8-9/h3-8H,2H2,1H3,(H,17,19)(H,18,20,21). The molecule has 0 atom stereocenters. The number of carbonyl (C=O) groups excluding carboxylic acids is 3. The second kappa shape index (κ2) is 7.50. The molecule has 23 heavy (non-hydrogen) atoms. The van der Waals surface area contributed by atoms with Crippen LogP contribution in [-0.2, 0) is 4.74 Å². The van der Waals surface area contributed by atoms with Crippen molar-refractivity contribution in [3.05, 3.63) is 52.7 Å². The van der Waals surface area contributed by atoms with Gasteiger partial charge in [-0.2, -0.15) is 0 Å². The first kappa shape index (κ1) is 16.6. The number of amides is 3. The van der Waals surface area contributed by atoms with E-state index in [0.717, 1.165) is 17.4 Å². The first-order chi connectivity index (χ1) is 11.0. The lowest BCUT2D eigenvalue weighted by atomic mass is 10.2. The second-order valence-electron chi connectivity index (χ2n) is 4.30. The van der Waals surface area contributed by atoms with Crippen LogP contribution in [-0.4, -0.2) is 24.5 Å². The van der Waals surface area contributed by atoms with E-state index in [1.165, 1.54) is 24.3 Å². The van der Waals surface area contributed by atoms with Crippen molar-refractivity contribution in [3.63, 3.8) is 0 Å². The quantitative estimate of drug-likeness (QED) is 0.899. The van der Waals surface area contributed by atoms with Gasteiger partial charge in [0.15, 0.2) is 0 Å². The molecule has 2 N–H and O–H groups in total. The number of hydrogen-bond donors (Lipinski definition) is 2. The molecule has 120 valence electrons. The predicted octanol–water partition coefficient (Wildman–Crippen LogP) is 3.03. The molecule has 2 rings (SSSR count). The van der Waals surface area contributed by atoms with Gasteiger partial charge in [0.2, 0.25) is 0 Å². The van der Waals surface area contributed by atoms with Crippen LogP contribution >= 0.6 is 11.3 Å². The lowest BCUT2D eigenvalue weighted by Crippen LogP contribution is -2.31. The minimum absolute atomic E-state index is 0.118. The second-order valence-corrected chi connectivity index (χ2v) is 5.22. The Hall–Kier alpha value is -2.74. The van der Waals surface area contributed by atoms with Crippen LogP contribution < -0.4 is 10.6 Å². The minimum atomic E-state index is -0.869. The van der Waals surface area contributed by atoms with Crippen molar-refractivity contribution in [2.24, 2.45) is 0 Å². The number of imide groups is 1. The third-order valence-corrected chi connectivity index (χ3v) is 3.54. The highest BCUT2D eigenvalue weighted by Gasteiger charge is 2.18. The fourth-order valence-electron chi connectivity index (χ4n) is 1.72. The molecule has 0 fully saturated rings. The summed E-state index contributed by atoms with van der Waals surface area (Å²) in [5.41, 5.74) is 0.239. The van der Waals surface area contributed by atoms with Crippen LogP contribution in [0.5, 0.6) is 0 Å². The molecule has 0 saturated heterocycles. The summed E-state index contributed by atoms with van der Waals surface area (Å²) in [4.78, 5) is 35.3. The SMILES string of the molecule is CCOC(=O)NC(=O)c1ccsc1NC(=O)c1cccc(F)c1. The van der Waals surface area contributed by atoms with Crippen molar-refractivity contribution >= 4 is 34.2 Å². The number of alkyl carbamates (subject to hydrolysis) is 1. The fraction of sp³-hybridized carbons (Fsp3) is 0.133. The molecule has 0 bridgehead atoms. The van der Waals surface area contributed by atoms with Gasteiger partial charge in [-0.15, -0.1) is 11.3 Å². The number of hydrogen-bond acceptors (Lipinski definition) is 5. The Morgan fingerprint density at radius 1 is 1.22 bits per heavy atom. The zero-order chi connectivity index (χ0) is 16.8. The number of carbonyl (C=O) groups is 3. The maximum atomic E-state index is 13.1. The van der Waals surface area contributed by atoms with Crippen molar-refractivity contribution in [1.29, 1.82) is 0 Å². The van der Waals surface area contributed by atoms with Crippen molar-refractivity contribution < 1.29 is 23.5 Å². The van der Waals surface area contributed by atoms with Gasteiger partial charge >= 0.3 is 6.09 Å². The van der Waals surface area contributed by atoms with Crippen LogP contribution in [0, 0.1) is 5.82 Å². The molecular formula is C15H13FN2O4S. The summed E-state index contributed by atoms with van der Waals surface area (Å²) in [6.07, 6.45) is -0.869. The first-order valence-corrected chi connectivity index (χ1v) is 7.51. The molecule has 6 nitrogen and oxygen atoms in total. The van der Waals surface area contributed by atoms with Gasteiger partial charge < -0.3 is 10.1 Å². The molecule has 1 aromatic carbocycles. The Morgan fingerprint density at radius 3 is 2.70 bits per heavy atom. The van der Waals surface area contributed by atoms with E-state index in [2.05, 4.69) is 10.1 Å². The third-order valence-electron chi connectivity index (χ3n) is 2.71. The topological polar surface area (TPSA) is 84.5 Å². The Balaban J connectivity index is 2.10. The van der Waals surface area contributed by atoms with E-state index in [9.17, 15) is 18.8 Å². The Bertz CT molecular complexity index is 745. The average Bonchev–Trinajstić information content (AvgIpc) is 2.95. The number of halogens is 1. The number of thiophene rings is 1. The zero-order valence-electron chi connectivity index (χ0n) is 12.1. The van der Waals surface area contributed by atoms with Crippen LogP contribution in [0.25, 0.3) is 0 Å². The summed E-state index contributed by atoms with van der Waals surface area (Å²) in [5.74, 6) is -1.79. The van der Waals surface area contributed by atoms with E-state index in [1.807, 2.05) is 5.32 Å². The number of nitrogens with one attached hydrogen (secondary N) is 2. The van der Waals surface area contributed by atoms with E-state index >= 15 is 0 Å².